The standard InChI is InChI=1S/C17H21N7/c1-22(17-12-18-11-16-19-20-21-24(16)17)13-14-7-3-4-8-15(14)23-9-5-2-6-10-23/h3-4,7-8,11-12H,2,5-6,9-10,13H2,1H3. The summed E-state index contributed by atoms with van der Waals surface area (Å²) in [6, 6.07) is 8.65. The van der Waals surface area contributed by atoms with E-state index >= 15 is 0 Å². The van der Waals surface area contributed by atoms with Gasteiger partial charge in [-0.05, 0) is 41.3 Å². The van der Waals surface area contributed by atoms with Crippen LogP contribution in [0.1, 0.15) is 24.8 Å². The van der Waals surface area contributed by atoms with Gasteiger partial charge in [-0.3, -0.25) is 4.98 Å². The third-order valence-corrected chi connectivity index (χ3v) is 4.58. The molecule has 24 heavy (non-hydrogen) atoms. The second kappa shape index (κ2) is 6.43. The molecular weight excluding hydrogens is 302 g/mol. The van der Waals surface area contributed by atoms with Crippen LogP contribution in [0.3, 0.4) is 0 Å². The molecule has 3 heterocycles. The van der Waals surface area contributed by atoms with Crippen molar-refractivity contribution in [1.29, 1.82) is 0 Å². The molecule has 1 aromatic carbocycles. The first kappa shape index (κ1) is 14.9. The van der Waals surface area contributed by atoms with E-state index in [2.05, 4.69) is 54.6 Å². The quantitative estimate of drug-likeness (QED) is 0.733. The number of hydrogen-bond donors (Lipinski definition) is 0. The van der Waals surface area contributed by atoms with Crippen LogP contribution in [-0.2, 0) is 6.54 Å². The summed E-state index contributed by atoms with van der Waals surface area (Å²) in [6.07, 6.45) is 7.35. The van der Waals surface area contributed by atoms with Gasteiger partial charge in [0.2, 0.25) is 0 Å². The van der Waals surface area contributed by atoms with Gasteiger partial charge in [-0.2, -0.15) is 4.52 Å². The van der Waals surface area contributed by atoms with Crippen molar-refractivity contribution >= 4 is 17.2 Å². The van der Waals surface area contributed by atoms with E-state index in [1.807, 2.05) is 7.05 Å². The van der Waals surface area contributed by atoms with Gasteiger partial charge in [0.05, 0.1) is 12.4 Å². The average Bonchev–Trinajstić information content (AvgIpc) is 3.11. The fourth-order valence-corrected chi connectivity index (χ4v) is 3.35. The zero-order valence-corrected chi connectivity index (χ0v) is 13.8. The molecule has 1 saturated heterocycles. The zero-order valence-electron chi connectivity index (χ0n) is 13.8. The summed E-state index contributed by atoms with van der Waals surface area (Å²) >= 11 is 0. The molecule has 0 unspecified atom stereocenters. The molecule has 1 aliphatic heterocycles. The van der Waals surface area contributed by atoms with Crippen molar-refractivity contribution in [3.63, 3.8) is 0 Å². The first-order valence-electron chi connectivity index (χ1n) is 8.39. The van der Waals surface area contributed by atoms with E-state index in [9.17, 15) is 0 Å². The van der Waals surface area contributed by atoms with Gasteiger partial charge < -0.3 is 9.80 Å². The Bertz CT molecular complexity index is 822. The number of fused-ring (bicyclic) bond motifs is 1. The number of hydrogen-bond acceptors (Lipinski definition) is 6. The lowest BCUT2D eigenvalue weighted by molar-refractivity contribution is 0.576. The smallest absolute Gasteiger partial charge is 0.199 e. The predicted octanol–water partition coefficient (Wildman–Crippen LogP) is 2.15. The highest BCUT2D eigenvalue weighted by Gasteiger charge is 2.16. The van der Waals surface area contributed by atoms with E-state index < -0.39 is 0 Å². The maximum atomic E-state index is 4.24. The minimum Gasteiger partial charge on any atom is -0.371 e. The number of benzene rings is 1. The third-order valence-electron chi connectivity index (χ3n) is 4.58. The Morgan fingerprint density at radius 1 is 1.08 bits per heavy atom. The molecule has 1 aliphatic rings. The van der Waals surface area contributed by atoms with Crippen LogP contribution >= 0.6 is 0 Å². The van der Waals surface area contributed by atoms with Crippen LogP contribution < -0.4 is 9.80 Å². The van der Waals surface area contributed by atoms with Gasteiger partial charge >= 0.3 is 0 Å². The van der Waals surface area contributed by atoms with Gasteiger partial charge in [0.15, 0.2) is 11.5 Å². The Morgan fingerprint density at radius 3 is 2.79 bits per heavy atom. The summed E-state index contributed by atoms with van der Waals surface area (Å²) in [5, 5.41) is 11.8. The summed E-state index contributed by atoms with van der Waals surface area (Å²) in [6.45, 7) is 3.07. The molecule has 0 saturated carbocycles. The largest absolute Gasteiger partial charge is 0.371 e. The highest BCUT2D eigenvalue weighted by molar-refractivity contribution is 5.56. The Labute approximate surface area is 140 Å². The Kier molecular flexibility index (Phi) is 3.98. The molecule has 0 spiro atoms. The number of piperidine rings is 1. The molecule has 0 radical (unpaired) electrons. The van der Waals surface area contributed by atoms with Gasteiger partial charge in [0.25, 0.3) is 0 Å². The number of para-hydroxylation sites is 1. The predicted molar refractivity (Wildman–Crippen MR) is 93.2 cm³/mol. The molecule has 0 N–H and O–H groups in total. The summed E-state index contributed by atoms with van der Waals surface area (Å²) in [4.78, 5) is 8.89. The second-order valence-corrected chi connectivity index (χ2v) is 6.25. The lowest BCUT2D eigenvalue weighted by atomic mass is 10.1. The molecule has 0 bridgehead atoms. The van der Waals surface area contributed by atoms with E-state index in [-0.39, 0.29) is 0 Å². The van der Waals surface area contributed by atoms with E-state index in [1.54, 1.807) is 16.9 Å². The lowest BCUT2D eigenvalue weighted by Crippen LogP contribution is -2.31. The molecule has 0 aliphatic carbocycles. The maximum Gasteiger partial charge on any atom is 0.199 e. The minimum absolute atomic E-state index is 0.656. The summed E-state index contributed by atoms with van der Waals surface area (Å²) < 4.78 is 1.72. The van der Waals surface area contributed by atoms with Crippen molar-refractivity contribution in [1.82, 2.24) is 25.0 Å². The first-order chi connectivity index (χ1) is 11.8. The van der Waals surface area contributed by atoms with Gasteiger partial charge in [0, 0.05) is 32.4 Å². The van der Waals surface area contributed by atoms with Crippen LogP contribution in [-0.4, -0.2) is 45.2 Å². The van der Waals surface area contributed by atoms with Crippen LogP contribution in [0.25, 0.3) is 5.65 Å². The SMILES string of the molecule is CN(Cc1ccccc1N1CCCCC1)c1cncc2nnnn12. The summed E-state index contributed by atoms with van der Waals surface area (Å²) in [7, 11) is 2.05. The van der Waals surface area contributed by atoms with Crippen LogP contribution in [0.15, 0.2) is 36.7 Å². The first-order valence-corrected chi connectivity index (χ1v) is 8.39. The zero-order chi connectivity index (χ0) is 16.4. The van der Waals surface area contributed by atoms with Crippen LogP contribution in [0.2, 0.25) is 0 Å². The second-order valence-electron chi connectivity index (χ2n) is 6.25. The minimum atomic E-state index is 0.656. The van der Waals surface area contributed by atoms with Gasteiger partial charge in [-0.15, -0.1) is 5.10 Å². The molecule has 3 aromatic rings. The van der Waals surface area contributed by atoms with E-state index in [4.69, 9.17) is 0 Å². The third kappa shape index (κ3) is 2.77. The molecule has 7 heteroatoms. The lowest BCUT2D eigenvalue weighted by Gasteiger charge is -2.31. The van der Waals surface area contributed by atoms with Crippen molar-refractivity contribution in [2.24, 2.45) is 0 Å². The molecule has 1 fully saturated rings. The number of anilines is 2. The van der Waals surface area contributed by atoms with Gasteiger partial charge in [0.1, 0.15) is 0 Å². The Morgan fingerprint density at radius 2 is 1.92 bits per heavy atom. The highest BCUT2D eigenvalue weighted by atomic mass is 15.5. The number of nitrogens with zero attached hydrogens (tertiary/aromatic N) is 7. The Balaban J connectivity index is 1.62. The van der Waals surface area contributed by atoms with Crippen molar-refractivity contribution < 1.29 is 0 Å². The summed E-state index contributed by atoms with van der Waals surface area (Å²) in [5.41, 5.74) is 3.30. The molecule has 124 valence electrons. The van der Waals surface area contributed by atoms with Crippen molar-refractivity contribution in [2.45, 2.75) is 25.8 Å². The van der Waals surface area contributed by atoms with Crippen LogP contribution in [0.4, 0.5) is 11.5 Å². The van der Waals surface area contributed by atoms with Crippen molar-refractivity contribution in [2.75, 3.05) is 29.9 Å². The van der Waals surface area contributed by atoms with Crippen molar-refractivity contribution in [3.8, 4) is 0 Å². The van der Waals surface area contributed by atoms with E-state index in [1.165, 1.54) is 30.5 Å². The molecule has 4 rings (SSSR count). The molecule has 2 aromatic heterocycles. The van der Waals surface area contributed by atoms with Crippen LogP contribution in [0.5, 0.6) is 0 Å². The topological polar surface area (TPSA) is 62.5 Å². The maximum absolute atomic E-state index is 4.24. The normalized spacial score (nSPS) is 15.0. The van der Waals surface area contributed by atoms with Crippen LogP contribution in [0, 0.1) is 0 Å². The van der Waals surface area contributed by atoms with E-state index in [0.29, 0.717) is 5.65 Å². The van der Waals surface area contributed by atoms with Crippen molar-refractivity contribution in [3.05, 3.63) is 42.2 Å². The number of tetrazole rings is 1. The fourth-order valence-electron chi connectivity index (χ4n) is 3.35. The molecule has 0 atom stereocenters. The number of aromatic nitrogens is 5. The molecular formula is C17H21N7. The van der Waals surface area contributed by atoms with Gasteiger partial charge in [-0.1, -0.05) is 18.2 Å². The highest BCUT2D eigenvalue weighted by Crippen LogP contribution is 2.26. The molecule has 7 nitrogen and oxygen atoms in total. The van der Waals surface area contributed by atoms with E-state index in [0.717, 1.165) is 25.5 Å². The Hall–Kier alpha value is -2.70. The fraction of sp³-hybridized carbons (Fsp3) is 0.412. The molecule has 0 amide bonds. The van der Waals surface area contributed by atoms with Gasteiger partial charge in [-0.25, -0.2) is 0 Å². The summed E-state index contributed by atoms with van der Waals surface area (Å²) in [5.74, 6) is 0.881. The average molecular weight is 323 g/mol. The number of rotatable bonds is 4. The monoisotopic (exact) mass is 323 g/mol.